The number of nitrogens with one attached hydrogen (secondary N) is 1. The molecule has 0 aromatic rings. The molecule has 1 N–H and O–H groups in total. The second-order valence-electron chi connectivity index (χ2n) is 6.71. The summed E-state index contributed by atoms with van der Waals surface area (Å²) in [6.07, 6.45) is 6.21. The van der Waals surface area contributed by atoms with Gasteiger partial charge in [-0.1, -0.05) is 6.42 Å². The van der Waals surface area contributed by atoms with Crippen LogP contribution < -0.4 is 5.32 Å². The van der Waals surface area contributed by atoms with E-state index in [2.05, 4.69) is 10.2 Å². The van der Waals surface area contributed by atoms with Gasteiger partial charge in [0, 0.05) is 26.4 Å². The van der Waals surface area contributed by atoms with Crippen LogP contribution in [-0.4, -0.2) is 54.3 Å². The van der Waals surface area contributed by atoms with Gasteiger partial charge >= 0.3 is 11.9 Å². The van der Waals surface area contributed by atoms with E-state index >= 15 is 0 Å². The van der Waals surface area contributed by atoms with Crippen LogP contribution in [0.15, 0.2) is 0 Å². The Hall–Kier alpha value is -1.14. The Labute approximate surface area is 138 Å². The van der Waals surface area contributed by atoms with E-state index in [4.69, 9.17) is 9.47 Å². The summed E-state index contributed by atoms with van der Waals surface area (Å²) in [5, 5.41) is 3.63. The van der Waals surface area contributed by atoms with Gasteiger partial charge in [-0.25, -0.2) is 0 Å². The maximum Gasteiger partial charge on any atom is 0.303 e. The minimum Gasteiger partial charge on any atom is -0.464 e. The SMILES string of the molecule is CC(=O)OCC1CCCCN1C1(C(C)OC(C)=O)CCCCN1. The van der Waals surface area contributed by atoms with Gasteiger partial charge in [-0.15, -0.1) is 0 Å². The molecule has 2 saturated heterocycles. The van der Waals surface area contributed by atoms with Crippen molar-refractivity contribution >= 4 is 11.9 Å². The van der Waals surface area contributed by atoms with Gasteiger partial charge in [-0.3, -0.25) is 19.8 Å². The summed E-state index contributed by atoms with van der Waals surface area (Å²) < 4.78 is 10.9. The van der Waals surface area contributed by atoms with Crippen molar-refractivity contribution in [2.75, 3.05) is 19.7 Å². The lowest BCUT2D eigenvalue weighted by Gasteiger charge is -2.54. The van der Waals surface area contributed by atoms with E-state index in [-0.39, 0.29) is 29.7 Å². The summed E-state index contributed by atoms with van der Waals surface area (Å²) in [7, 11) is 0. The monoisotopic (exact) mass is 326 g/mol. The zero-order valence-electron chi connectivity index (χ0n) is 14.6. The van der Waals surface area contributed by atoms with Crippen LogP contribution in [-0.2, 0) is 19.1 Å². The van der Waals surface area contributed by atoms with Gasteiger partial charge in [0.25, 0.3) is 0 Å². The van der Waals surface area contributed by atoms with Crippen molar-refractivity contribution in [1.82, 2.24) is 10.2 Å². The Morgan fingerprint density at radius 2 is 2.00 bits per heavy atom. The number of hydrogen-bond donors (Lipinski definition) is 1. The molecule has 0 aromatic heterocycles. The molecule has 2 aliphatic heterocycles. The van der Waals surface area contributed by atoms with E-state index in [0.717, 1.165) is 51.6 Å². The zero-order valence-corrected chi connectivity index (χ0v) is 14.6. The van der Waals surface area contributed by atoms with Crippen molar-refractivity contribution in [2.24, 2.45) is 0 Å². The van der Waals surface area contributed by atoms with Crippen LogP contribution in [0.1, 0.15) is 59.3 Å². The predicted octanol–water partition coefficient (Wildman–Crippen LogP) is 1.83. The molecule has 3 unspecified atom stereocenters. The third kappa shape index (κ3) is 4.44. The molecule has 132 valence electrons. The minimum absolute atomic E-state index is 0.177. The van der Waals surface area contributed by atoms with Gasteiger partial charge in [0.1, 0.15) is 18.4 Å². The Morgan fingerprint density at radius 3 is 2.61 bits per heavy atom. The van der Waals surface area contributed by atoms with Crippen molar-refractivity contribution in [3.63, 3.8) is 0 Å². The van der Waals surface area contributed by atoms with E-state index < -0.39 is 0 Å². The maximum atomic E-state index is 11.5. The average molecular weight is 326 g/mol. The molecule has 3 atom stereocenters. The minimum atomic E-state index is -0.352. The molecule has 0 aliphatic carbocycles. The number of carbonyl (C=O) groups is 2. The summed E-state index contributed by atoms with van der Waals surface area (Å²) in [6.45, 7) is 7.14. The highest BCUT2D eigenvalue weighted by atomic mass is 16.5. The lowest BCUT2D eigenvalue weighted by molar-refractivity contribution is -0.166. The molecule has 0 bridgehead atoms. The van der Waals surface area contributed by atoms with Gasteiger partial charge < -0.3 is 9.47 Å². The number of nitrogens with zero attached hydrogens (tertiary/aromatic N) is 1. The first kappa shape index (κ1) is 18.2. The van der Waals surface area contributed by atoms with Crippen LogP contribution >= 0.6 is 0 Å². The van der Waals surface area contributed by atoms with Gasteiger partial charge in [-0.05, 0) is 45.6 Å². The average Bonchev–Trinajstić information content (AvgIpc) is 2.53. The third-order valence-corrected chi connectivity index (χ3v) is 5.05. The summed E-state index contributed by atoms with van der Waals surface area (Å²) in [6, 6.07) is 0.177. The molecule has 23 heavy (non-hydrogen) atoms. The lowest BCUT2D eigenvalue weighted by atomic mass is 9.86. The summed E-state index contributed by atoms with van der Waals surface area (Å²) in [4.78, 5) is 25.1. The highest BCUT2D eigenvalue weighted by molar-refractivity contribution is 5.66. The first-order valence-corrected chi connectivity index (χ1v) is 8.78. The number of hydrogen-bond acceptors (Lipinski definition) is 6. The second-order valence-corrected chi connectivity index (χ2v) is 6.71. The lowest BCUT2D eigenvalue weighted by Crippen LogP contribution is -2.70. The van der Waals surface area contributed by atoms with E-state index in [1.165, 1.54) is 13.8 Å². The maximum absolute atomic E-state index is 11.5. The molecule has 2 rings (SSSR count). The second kappa shape index (κ2) is 8.11. The molecule has 2 heterocycles. The van der Waals surface area contributed by atoms with Crippen molar-refractivity contribution in [3.8, 4) is 0 Å². The number of ether oxygens (including phenoxy) is 2. The van der Waals surface area contributed by atoms with Crippen molar-refractivity contribution in [3.05, 3.63) is 0 Å². The van der Waals surface area contributed by atoms with E-state index in [9.17, 15) is 9.59 Å². The number of likely N-dealkylation sites (tertiary alicyclic amines) is 1. The fourth-order valence-corrected chi connectivity index (χ4v) is 4.00. The Bertz CT molecular complexity index is 421. The van der Waals surface area contributed by atoms with Gasteiger partial charge in [0.2, 0.25) is 0 Å². The number of piperidine rings is 2. The fourth-order valence-electron chi connectivity index (χ4n) is 4.00. The molecule has 6 heteroatoms. The number of rotatable bonds is 5. The molecule has 2 aliphatic rings. The number of esters is 2. The standard InChI is InChI=1S/C17H30N2O4/c1-13(23-15(3)21)17(9-5-6-10-18-17)19-11-7-4-8-16(19)12-22-14(2)20/h13,16,18H,4-12H2,1-3H3. The number of carbonyl (C=O) groups excluding carboxylic acids is 2. The van der Waals surface area contributed by atoms with Crippen LogP contribution in [0.3, 0.4) is 0 Å². The van der Waals surface area contributed by atoms with Gasteiger partial charge in [-0.2, -0.15) is 0 Å². The van der Waals surface area contributed by atoms with E-state index in [1.54, 1.807) is 0 Å². The Morgan fingerprint density at radius 1 is 1.22 bits per heavy atom. The Kier molecular flexibility index (Phi) is 6.41. The molecule has 2 fully saturated rings. The summed E-state index contributed by atoms with van der Waals surface area (Å²) in [5.74, 6) is -0.494. The molecular weight excluding hydrogens is 296 g/mol. The van der Waals surface area contributed by atoms with Gasteiger partial charge in [0.15, 0.2) is 0 Å². The smallest absolute Gasteiger partial charge is 0.303 e. The molecule has 0 radical (unpaired) electrons. The van der Waals surface area contributed by atoms with Crippen LogP contribution in [0, 0.1) is 0 Å². The van der Waals surface area contributed by atoms with Crippen LogP contribution in [0.4, 0.5) is 0 Å². The quantitative estimate of drug-likeness (QED) is 0.778. The molecular formula is C17H30N2O4. The first-order valence-electron chi connectivity index (χ1n) is 8.78. The van der Waals surface area contributed by atoms with Gasteiger partial charge in [0.05, 0.1) is 0 Å². The van der Waals surface area contributed by atoms with Crippen LogP contribution in [0.5, 0.6) is 0 Å². The first-order chi connectivity index (χ1) is 11.0. The largest absolute Gasteiger partial charge is 0.464 e. The zero-order chi connectivity index (χ0) is 16.9. The molecule has 0 aromatic carbocycles. The van der Waals surface area contributed by atoms with Crippen molar-refractivity contribution < 1.29 is 19.1 Å². The van der Waals surface area contributed by atoms with Crippen molar-refractivity contribution in [2.45, 2.75) is 77.1 Å². The molecule has 6 nitrogen and oxygen atoms in total. The Balaban J connectivity index is 2.20. The summed E-state index contributed by atoms with van der Waals surface area (Å²) in [5.41, 5.74) is -0.352. The highest BCUT2D eigenvalue weighted by Gasteiger charge is 2.47. The van der Waals surface area contributed by atoms with Crippen LogP contribution in [0.2, 0.25) is 0 Å². The van der Waals surface area contributed by atoms with Crippen molar-refractivity contribution in [1.29, 1.82) is 0 Å². The predicted molar refractivity (Wildman–Crippen MR) is 86.8 cm³/mol. The molecule has 0 amide bonds. The van der Waals surface area contributed by atoms with Crippen LogP contribution in [0.25, 0.3) is 0 Å². The summed E-state index contributed by atoms with van der Waals surface area (Å²) >= 11 is 0. The third-order valence-electron chi connectivity index (χ3n) is 5.05. The van der Waals surface area contributed by atoms with E-state index in [0.29, 0.717) is 6.61 Å². The molecule has 0 spiro atoms. The topological polar surface area (TPSA) is 67.9 Å². The highest BCUT2D eigenvalue weighted by Crippen LogP contribution is 2.34. The fraction of sp³-hybridized carbons (Fsp3) is 0.882. The normalized spacial score (nSPS) is 30.5. The molecule has 0 saturated carbocycles. The van der Waals surface area contributed by atoms with E-state index in [1.807, 2.05) is 6.92 Å².